The van der Waals surface area contributed by atoms with Gasteiger partial charge in [-0.3, -0.25) is 4.40 Å². The van der Waals surface area contributed by atoms with Gasteiger partial charge in [0, 0.05) is 17.5 Å². The quantitative estimate of drug-likeness (QED) is 0.731. The molecule has 5 heteroatoms. The maximum atomic E-state index is 5.70. The SMILES string of the molecule is NCc1csc2nnc(-c3ccccc3)n12. The molecule has 0 bridgehead atoms. The van der Waals surface area contributed by atoms with Gasteiger partial charge in [0.1, 0.15) is 0 Å². The second-order valence-corrected chi connectivity index (χ2v) is 4.28. The van der Waals surface area contributed by atoms with Crippen LogP contribution in [0.1, 0.15) is 5.69 Å². The largest absolute Gasteiger partial charge is 0.325 e. The molecule has 3 rings (SSSR count). The van der Waals surface area contributed by atoms with Gasteiger partial charge in [-0.25, -0.2) is 0 Å². The highest BCUT2D eigenvalue weighted by atomic mass is 32.1. The summed E-state index contributed by atoms with van der Waals surface area (Å²) in [5, 5.41) is 10.4. The lowest BCUT2D eigenvalue weighted by molar-refractivity contribution is 0.962. The van der Waals surface area contributed by atoms with Crippen molar-refractivity contribution in [2.75, 3.05) is 0 Å². The topological polar surface area (TPSA) is 56.2 Å². The monoisotopic (exact) mass is 230 g/mol. The van der Waals surface area contributed by atoms with Crippen LogP contribution in [0.15, 0.2) is 35.7 Å². The minimum absolute atomic E-state index is 0.498. The lowest BCUT2D eigenvalue weighted by atomic mass is 10.2. The first kappa shape index (κ1) is 9.50. The van der Waals surface area contributed by atoms with Crippen LogP contribution in [0.25, 0.3) is 16.3 Å². The van der Waals surface area contributed by atoms with E-state index in [0.717, 1.165) is 22.0 Å². The highest BCUT2D eigenvalue weighted by Gasteiger charge is 2.11. The highest BCUT2D eigenvalue weighted by Crippen LogP contribution is 2.23. The Morgan fingerprint density at radius 2 is 2.00 bits per heavy atom. The molecule has 0 amide bonds. The fourth-order valence-corrected chi connectivity index (χ4v) is 2.53. The molecule has 80 valence electrons. The average molecular weight is 230 g/mol. The van der Waals surface area contributed by atoms with Gasteiger partial charge >= 0.3 is 0 Å². The van der Waals surface area contributed by atoms with Crippen molar-refractivity contribution in [3.8, 4) is 11.4 Å². The van der Waals surface area contributed by atoms with Crippen LogP contribution < -0.4 is 5.73 Å². The van der Waals surface area contributed by atoms with Gasteiger partial charge in [0.2, 0.25) is 4.96 Å². The zero-order chi connectivity index (χ0) is 11.0. The number of fused-ring (bicyclic) bond motifs is 1. The predicted octanol–water partition coefficient (Wildman–Crippen LogP) is 1.92. The van der Waals surface area contributed by atoms with E-state index in [2.05, 4.69) is 10.2 Å². The Morgan fingerprint density at radius 1 is 1.19 bits per heavy atom. The van der Waals surface area contributed by atoms with E-state index in [0.29, 0.717) is 6.54 Å². The molecule has 0 saturated carbocycles. The maximum absolute atomic E-state index is 5.70. The van der Waals surface area contributed by atoms with Gasteiger partial charge in [0.05, 0.1) is 5.69 Å². The van der Waals surface area contributed by atoms with Crippen LogP contribution in [0.2, 0.25) is 0 Å². The van der Waals surface area contributed by atoms with Crippen molar-refractivity contribution >= 4 is 16.3 Å². The smallest absolute Gasteiger partial charge is 0.216 e. The molecule has 0 aliphatic heterocycles. The molecule has 0 atom stereocenters. The van der Waals surface area contributed by atoms with E-state index in [-0.39, 0.29) is 0 Å². The van der Waals surface area contributed by atoms with Crippen LogP contribution in [0.3, 0.4) is 0 Å². The van der Waals surface area contributed by atoms with Crippen molar-refractivity contribution in [2.24, 2.45) is 5.73 Å². The van der Waals surface area contributed by atoms with E-state index < -0.39 is 0 Å². The first-order chi connectivity index (χ1) is 7.90. The number of aromatic nitrogens is 3. The van der Waals surface area contributed by atoms with Gasteiger partial charge in [-0.2, -0.15) is 0 Å². The van der Waals surface area contributed by atoms with Crippen LogP contribution in [0.4, 0.5) is 0 Å². The fraction of sp³-hybridized carbons (Fsp3) is 0.0909. The van der Waals surface area contributed by atoms with E-state index in [4.69, 9.17) is 5.73 Å². The number of rotatable bonds is 2. The normalized spacial score (nSPS) is 11.1. The Labute approximate surface area is 96.4 Å². The third-order valence-electron chi connectivity index (χ3n) is 2.46. The Kier molecular flexibility index (Phi) is 2.19. The maximum Gasteiger partial charge on any atom is 0.216 e. The van der Waals surface area contributed by atoms with Crippen molar-refractivity contribution < 1.29 is 0 Å². The van der Waals surface area contributed by atoms with Crippen molar-refractivity contribution in [3.63, 3.8) is 0 Å². The molecule has 4 nitrogen and oxygen atoms in total. The van der Waals surface area contributed by atoms with E-state index >= 15 is 0 Å². The van der Waals surface area contributed by atoms with E-state index in [1.165, 1.54) is 0 Å². The second kappa shape index (κ2) is 3.70. The van der Waals surface area contributed by atoms with Crippen LogP contribution in [-0.4, -0.2) is 14.6 Å². The first-order valence-corrected chi connectivity index (χ1v) is 5.85. The number of nitrogens with zero attached hydrogens (tertiary/aromatic N) is 3. The minimum Gasteiger partial charge on any atom is -0.325 e. The van der Waals surface area contributed by atoms with Crippen molar-refractivity contribution in [1.29, 1.82) is 0 Å². The molecule has 16 heavy (non-hydrogen) atoms. The summed E-state index contributed by atoms with van der Waals surface area (Å²) in [7, 11) is 0. The molecule has 3 aromatic rings. The predicted molar refractivity (Wildman–Crippen MR) is 64.2 cm³/mol. The summed E-state index contributed by atoms with van der Waals surface area (Å²) < 4.78 is 2.01. The Balaban J connectivity index is 2.28. The number of hydrogen-bond donors (Lipinski definition) is 1. The summed E-state index contributed by atoms with van der Waals surface area (Å²) in [4.78, 5) is 0.888. The van der Waals surface area contributed by atoms with Crippen LogP contribution >= 0.6 is 11.3 Å². The summed E-state index contributed by atoms with van der Waals surface area (Å²) in [5.41, 5.74) is 7.80. The molecule has 0 unspecified atom stereocenters. The molecular weight excluding hydrogens is 220 g/mol. The molecular formula is C11H10N4S. The highest BCUT2D eigenvalue weighted by molar-refractivity contribution is 7.15. The molecule has 0 spiro atoms. The van der Waals surface area contributed by atoms with Crippen LogP contribution in [0.5, 0.6) is 0 Å². The van der Waals surface area contributed by atoms with E-state index in [1.54, 1.807) is 11.3 Å². The number of thiazole rings is 1. The summed E-state index contributed by atoms with van der Waals surface area (Å²) in [5.74, 6) is 0.859. The van der Waals surface area contributed by atoms with E-state index in [9.17, 15) is 0 Å². The molecule has 2 heterocycles. The zero-order valence-corrected chi connectivity index (χ0v) is 9.31. The Hall–Kier alpha value is -1.72. The third-order valence-corrected chi connectivity index (χ3v) is 3.33. The molecule has 0 radical (unpaired) electrons. The fourth-order valence-electron chi connectivity index (χ4n) is 1.69. The van der Waals surface area contributed by atoms with Crippen molar-refractivity contribution in [3.05, 3.63) is 41.4 Å². The van der Waals surface area contributed by atoms with Crippen LogP contribution in [-0.2, 0) is 6.54 Å². The van der Waals surface area contributed by atoms with Gasteiger partial charge in [0.15, 0.2) is 5.82 Å². The number of nitrogens with two attached hydrogens (primary N) is 1. The standard InChI is InChI=1S/C11H10N4S/c12-6-9-7-16-11-14-13-10(15(9)11)8-4-2-1-3-5-8/h1-5,7H,6,12H2. The summed E-state index contributed by atoms with van der Waals surface area (Å²) >= 11 is 1.56. The first-order valence-electron chi connectivity index (χ1n) is 4.97. The van der Waals surface area contributed by atoms with Crippen molar-refractivity contribution in [2.45, 2.75) is 6.54 Å². The third kappa shape index (κ3) is 1.33. The lowest BCUT2D eigenvalue weighted by Crippen LogP contribution is -2.01. The summed E-state index contributed by atoms with van der Waals surface area (Å²) in [6.45, 7) is 0.498. The zero-order valence-electron chi connectivity index (χ0n) is 8.50. The second-order valence-electron chi connectivity index (χ2n) is 3.44. The number of hydrogen-bond acceptors (Lipinski definition) is 4. The summed E-state index contributed by atoms with van der Waals surface area (Å²) in [6.07, 6.45) is 0. The Morgan fingerprint density at radius 3 is 2.75 bits per heavy atom. The van der Waals surface area contributed by atoms with Gasteiger partial charge in [-0.1, -0.05) is 30.3 Å². The molecule has 2 aromatic heterocycles. The van der Waals surface area contributed by atoms with Gasteiger partial charge in [-0.05, 0) is 0 Å². The number of benzene rings is 1. The lowest BCUT2D eigenvalue weighted by Gasteiger charge is -1.99. The van der Waals surface area contributed by atoms with Crippen molar-refractivity contribution in [1.82, 2.24) is 14.6 Å². The molecule has 0 aliphatic carbocycles. The minimum atomic E-state index is 0.498. The van der Waals surface area contributed by atoms with Gasteiger partial charge in [0.25, 0.3) is 0 Å². The molecule has 0 saturated heterocycles. The molecule has 1 aromatic carbocycles. The van der Waals surface area contributed by atoms with E-state index in [1.807, 2.05) is 40.1 Å². The summed E-state index contributed by atoms with van der Waals surface area (Å²) in [6, 6.07) is 10.0. The van der Waals surface area contributed by atoms with Gasteiger partial charge in [-0.15, -0.1) is 21.5 Å². The molecule has 2 N–H and O–H groups in total. The molecule has 0 fully saturated rings. The van der Waals surface area contributed by atoms with Crippen LogP contribution in [0, 0.1) is 0 Å². The average Bonchev–Trinajstić information content (AvgIpc) is 2.90. The molecule has 0 aliphatic rings. The van der Waals surface area contributed by atoms with Gasteiger partial charge < -0.3 is 5.73 Å². The Bertz CT molecular complexity index is 611.